The number of ether oxygens (including phenoxy) is 2. The van der Waals surface area contributed by atoms with Gasteiger partial charge in [0, 0.05) is 25.1 Å². The molecule has 2 unspecified atom stereocenters. The first kappa shape index (κ1) is 22.9. The molecule has 2 aromatic carbocycles. The van der Waals surface area contributed by atoms with E-state index in [4.69, 9.17) is 9.47 Å². The highest BCUT2D eigenvalue weighted by Crippen LogP contribution is 2.41. The van der Waals surface area contributed by atoms with Crippen molar-refractivity contribution < 1.29 is 24.2 Å². The number of likely N-dealkylation sites (N-methyl/N-ethyl adjacent to an activating group) is 1. The van der Waals surface area contributed by atoms with Crippen LogP contribution in [0.3, 0.4) is 0 Å². The van der Waals surface area contributed by atoms with Crippen molar-refractivity contribution in [3.05, 3.63) is 64.7 Å². The Bertz CT molecular complexity index is 1110. The Morgan fingerprint density at radius 1 is 1.21 bits per heavy atom. The summed E-state index contributed by atoms with van der Waals surface area (Å²) in [6.45, 7) is 5.32. The molecule has 1 N–H and O–H groups in total. The zero-order chi connectivity index (χ0) is 23.7. The average molecular weight is 451 g/mol. The second-order valence-electron chi connectivity index (χ2n) is 8.76. The Balaban J connectivity index is 1.82. The monoisotopic (exact) mass is 450 g/mol. The molecule has 1 amide bonds. The number of likely N-dealkylation sites (tertiary alicyclic amines) is 1. The topological polar surface area (TPSA) is 79.3 Å². The highest BCUT2D eigenvalue weighted by atomic mass is 16.5. The molecular weight excluding hydrogens is 420 g/mol. The van der Waals surface area contributed by atoms with Gasteiger partial charge in [-0.15, -0.1) is 0 Å². The van der Waals surface area contributed by atoms with Gasteiger partial charge in [-0.3, -0.25) is 9.59 Å². The summed E-state index contributed by atoms with van der Waals surface area (Å²) in [6, 6.07) is 12.0. The van der Waals surface area contributed by atoms with E-state index in [0.717, 1.165) is 23.3 Å². The summed E-state index contributed by atoms with van der Waals surface area (Å²) in [5.74, 6) is -0.0234. The Morgan fingerprint density at radius 3 is 2.73 bits per heavy atom. The lowest BCUT2D eigenvalue weighted by Crippen LogP contribution is -2.35. The molecule has 0 aromatic heterocycles. The van der Waals surface area contributed by atoms with Crippen LogP contribution in [-0.4, -0.2) is 66.5 Å². The predicted octanol–water partition coefficient (Wildman–Crippen LogP) is 3.39. The van der Waals surface area contributed by atoms with Gasteiger partial charge in [-0.05, 0) is 69.4 Å². The number of ketones is 1. The van der Waals surface area contributed by atoms with Crippen LogP contribution >= 0.6 is 0 Å². The van der Waals surface area contributed by atoms with Crippen molar-refractivity contribution in [2.45, 2.75) is 32.4 Å². The second kappa shape index (κ2) is 9.27. The zero-order valence-corrected chi connectivity index (χ0v) is 19.5. The molecule has 0 spiro atoms. The third-order valence-corrected chi connectivity index (χ3v) is 5.98. The number of amides is 1. The standard InChI is InChI=1S/C26H30N2O5/c1-5-32-20-8-6-7-17(15-20)23-22(25(30)26(31)28(23)12-11-27(3)4)24(29)18-9-10-21-19(14-18)13-16(2)33-21/h6-10,14-16,23,29H,5,11-13H2,1-4H3/b24-22-. The van der Waals surface area contributed by atoms with Crippen LogP contribution in [-0.2, 0) is 16.0 Å². The van der Waals surface area contributed by atoms with Gasteiger partial charge in [-0.2, -0.15) is 0 Å². The molecule has 2 atom stereocenters. The summed E-state index contributed by atoms with van der Waals surface area (Å²) in [7, 11) is 3.82. The molecule has 2 aliphatic heterocycles. The fourth-order valence-corrected chi connectivity index (χ4v) is 4.43. The number of benzene rings is 2. The Kier molecular flexibility index (Phi) is 6.42. The van der Waals surface area contributed by atoms with Gasteiger partial charge in [-0.25, -0.2) is 0 Å². The van der Waals surface area contributed by atoms with Gasteiger partial charge in [0.1, 0.15) is 23.4 Å². The molecule has 0 aliphatic carbocycles. The van der Waals surface area contributed by atoms with Gasteiger partial charge in [0.25, 0.3) is 11.7 Å². The van der Waals surface area contributed by atoms with Gasteiger partial charge >= 0.3 is 0 Å². The van der Waals surface area contributed by atoms with Crippen LogP contribution in [0.25, 0.3) is 5.76 Å². The average Bonchev–Trinajstić information content (AvgIpc) is 3.28. The van der Waals surface area contributed by atoms with Crippen LogP contribution in [0, 0.1) is 0 Å². The molecule has 0 radical (unpaired) electrons. The van der Waals surface area contributed by atoms with E-state index in [1.165, 1.54) is 4.90 Å². The van der Waals surface area contributed by atoms with E-state index in [2.05, 4.69) is 0 Å². The summed E-state index contributed by atoms with van der Waals surface area (Å²) in [5, 5.41) is 11.3. The molecule has 0 saturated carbocycles. The minimum absolute atomic E-state index is 0.0651. The van der Waals surface area contributed by atoms with Crippen LogP contribution in [0.2, 0.25) is 0 Å². The lowest BCUT2D eigenvalue weighted by atomic mass is 9.94. The van der Waals surface area contributed by atoms with E-state index in [-0.39, 0.29) is 17.4 Å². The van der Waals surface area contributed by atoms with Crippen LogP contribution in [0.5, 0.6) is 11.5 Å². The first-order valence-electron chi connectivity index (χ1n) is 11.3. The number of hydrogen-bond donors (Lipinski definition) is 1. The van der Waals surface area contributed by atoms with Crippen molar-refractivity contribution in [2.24, 2.45) is 0 Å². The minimum atomic E-state index is -0.700. The second-order valence-corrected chi connectivity index (χ2v) is 8.76. The summed E-state index contributed by atoms with van der Waals surface area (Å²) >= 11 is 0. The van der Waals surface area contributed by atoms with Gasteiger partial charge in [0.2, 0.25) is 0 Å². The first-order chi connectivity index (χ1) is 15.8. The molecule has 174 valence electrons. The number of hydrogen-bond acceptors (Lipinski definition) is 6. The summed E-state index contributed by atoms with van der Waals surface area (Å²) in [5.41, 5.74) is 2.30. The SMILES string of the molecule is CCOc1cccc(C2/C(=C(/O)c3ccc4c(c3)CC(C)O4)C(=O)C(=O)N2CCN(C)C)c1. The van der Waals surface area contributed by atoms with Crippen LogP contribution in [0.1, 0.15) is 36.6 Å². The largest absolute Gasteiger partial charge is 0.507 e. The highest BCUT2D eigenvalue weighted by Gasteiger charge is 2.46. The molecule has 7 nitrogen and oxygen atoms in total. The van der Waals surface area contributed by atoms with Crippen molar-refractivity contribution in [3.8, 4) is 11.5 Å². The normalized spacial score (nSPS) is 21.4. The third kappa shape index (κ3) is 4.46. The van der Waals surface area contributed by atoms with Crippen LogP contribution in [0.15, 0.2) is 48.0 Å². The van der Waals surface area contributed by atoms with E-state index < -0.39 is 17.7 Å². The molecular formula is C26H30N2O5. The lowest BCUT2D eigenvalue weighted by Gasteiger charge is -2.27. The fourth-order valence-electron chi connectivity index (χ4n) is 4.43. The number of carbonyl (C=O) groups excluding carboxylic acids is 2. The van der Waals surface area contributed by atoms with E-state index in [1.807, 2.05) is 63.2 Å². The number of aliphatic hydroxyl groups excluding tert-OH is 1. The maximum atomic E-state index is 13.2. The molecule has 7 heteroatoms. The van der Waals surface area contributed by atoms with E-state index in [9.17, 15) is 14.7 Å². The third-order valence-electron chi connectivity index (χ3n) is 5.98. The number of carbonyl (C=O) groups is 2. The highest BCUT2D eigenvalue weighted by molar-refractivity contribution is 6.46. The number of rotatable bonds is 7. The molecule has 33 heavy (non-hydrogen) atoms. The molecule has 2 heterocycles. The van der Waals surface area contributed by atoms with E-state index >= 15 is 0 Å². The number of nitrogens with zero attached hydrogens (tertiary/aromatic N) is 2. The lowest BCUT2D eigenvalue weighted by molar-refractivity contribution is -0.140. The molecule has 1 saturated heterocycles. The van der Waals surface area contributed by atoms with Crippen molar-refractivity contribution in [3.63, 3.8) is 0 Å². The predicted molar refractivity (Wildman–Crippen MR) is 125 cm³/mol. The number of Topliss-reactive ketones (excluding diaryl/α,β-unsaturated/α-hetero) is 1. The first-order valence-corrected chi connectivity index (χ1v) is 11.3. The maximum absolute atomic E-state index is 13.2. The minimum Gasteiger partial charge on any atom is -0.507 e. The molecule has 2 aromatic rings. The van der Waals surface area contributed by atoms with Crippen molar-refractivity contribution >= 4 is 17.4 Å². The maximum Gasteiger partial charge on any atom is 0.295 e. The number of aliphatic hydroxyl groups is 1. The molecule has 4 rings (SSSR count). The van der Waals surface area contributed by atoms with Gasteiger partial charge < -0.3 is 24.4 Å². The molecule has 2 aliphatic rings. The fraction of sp³-hybridized carbons (Fsp3) is 0.385. The van der Waals surface area contributed by atoms with Crippen molar-refractivity contribution in [2.75, 3.05) is 33.8 Å². The Morgan fingerprint density at radius 2 is 2.00 bits per heavy atom. The zero-order valence-electron chi connectivity index (χ0n) is 19.5. The molecule has 0 bridgehead atoms. The summed E-state index contributed by atoms with van der Waals surface area (Å²) < 4.78 is 11.4. The smallest absolute Gasteiger partial charge is 0.295 e. The van der Waals surface area contributed by atoms with Crippen LogP contribution in [0.4, 0.5) is 0 Å². The summed E-state index contributed by atoms with van der Waals surface area (Å²) in [4.78, 5) is 29.7. The van der Waals surface area contributed by atoms with Gasteiger partial charge in [0.15, 0.2) is 0 Å². The van der Waals surface area contributed by atoms with E-state index in [1.54, 1.807) is 12.1 Å². The summed E-state index contributed by atoms with van der Waals surface area (Å²) in [6.07, 6.45) is 0.795. The Labute approximate surface area is 194 Å². The quantitative estimate of drug-likeness (QED) is 0.396. The number of fused-ring (bicyclic) bond motifs is 1. The van der Waals surface area contributed by atoms with Gasteiger partial charge in [-0.1, -0.05) is 12.1 Å². The molecule has 1 fully saturated rings. The van der Waals surface area contributed by atoms with E-state index in [0.29, 0.717) is 31.0 Å². The van der Waals surface area contributed by atoms with Crippen molar-refractivity contribution in [1.82, 2.24) is 9.80 Å². The van der Waals surface area contributed by atoms with Gasteiger partial charge in [0.05, 0.1) is 18.2 Å². The van der Waals surface area contributed by atoms with Crippen molar-refractivity contribution in [1.29, 1.82) is 0 Å². The van der Waals surface area contributed by atoms with Crippen LogP contribution < -0.4 is 9.47 Å². The Hall–Kier alpha value is -3.32.